The van der Waals surface area contributed by atoms with E-state index in [4.69, 9.17) is 15.2 Å². The van der Waals surface area contributed by atoms with Crippen LogP contribution in [-0.4, -0.2) is 14.2 Å². The lowest BCUT2D eigenvalue weighted by Crippen LogP contribution is -2.14. The van der Waals surface area contributed by atoms with Gasteiger partial charge in [0.25, 0.3) is 0 Å². The molecule has 2 rings (SSSR count). The molecule has 112 valence electrons. The molecular formula is C18H23NO2. The van der Waals surface area contributed by atoms with Crippen molar-refractivity contribution in [2.45, 2.75) is 25.8 Å². The van der Waals surface area contributed by atoms with E-state index in [1.54, 1.807) is 14.2 Å². The topological polar surface area (TPSA) is 44.5 Å². The van der Waals surface area contributed by atoms with Gasteiger partial charge in [-0.2, -0.15) is 0 Å². The lowest BCUT2D eigenvalue weighted by atomic mass is 9.97. The summed E-state index contributed by atoms with van der Waals surface area (Å²) in [4.78, 5) is 0. The lowest BCUT2D eigenvalue weighted by molar-refractivity contribution is 0.390. The zero-order valence-corrected chi connectivity index (χ0v) is 12.9. The third kappa shape index (κ3) is 3.76. The molecule has 1 unspecified atom stereocenters. The average Bonchev–Trinajstić information content (AvgIpc) is 2.55. The summed E-state index contributed by atoms with van der Waals surface area (Å²) in [7, 11) is 3.31. The summed E-state index contributed by atoms with van der Waals surface area (Å²) < 4.78 is 10.6. The van der Waals surface area contributed by atoms with Crippen LogP contribution in [0.15, 0.2) is 42.5 Å². The molecule has 2 aromatic rings. The molecule has 2 aromatic carbocycles. The minimum absolute atomic E-state index is 0.0433. The molecule has 2 N–H and O–H groups in total. The quantitative estimate of drug-likeness (QED) is 0.883. The number of ether oxygens (including phenoxy) is 2. The highest BCUT2D eigenvalue weighted by Gasteiger charge is 2.11. The fourth-order valence-electron chi connectivity index (χ4n) is 2.38. The SMILES string of the molecule is CCc1ccc(C(N)Cc2ccc(OC)cc2OC)cc1. The van der Waals surface area contributed by atoms with Crippen LogP contribution in [0, 0.1) is 0 Å². The van der Waals surface area contributed by atoms with E-state index in [1.807, 2.05) is 18.2 Å². The number of methoxy groups -OCH3 is 2. The van der Waals surface area contributed by atoms with Crippen molar-refractivity contribution >= 4 is 0 Å². The first kappa shape index (κ1) is 15.4. The molecule has 0 aliphatic rings. The zero-order valence-electron chi connectivity index (χ0n) is 12.9. The van der Waals surface area contributed by atoms with Gasteiger partial charge in [-0.05, 0) is 35.6 Å². The number of hydrogen-bond donors (Lipinski definition) is 1. The summed E-state index contributed by atoms with van der Waals surface area (Å²) in [5.74, 6) is 1.60. The van der Waals surface area contributed by atoms with Gasteiger partial charge in [0.05, 0.1) is 14.2 Å². The maximum atomic E-state index is 6.33. The fourth-order valence-corrected chi connectivity index (χ4v) is 2.38. The van der Waals surface area contributed by atoms with E-state index < -0.39 is 0 Å². The van der Waals surface area contributed by atoms with Crippen LogP contribution in [0.3, 0.4) is 0 Å². The lowest BCUT2D eigenvalue weighted by Gasteiger charge is -2.16. The Balaban J connectivity index is 2.16. The van der Waals surface area contributed by atoms with Crippen LogP contribution in [0.2, 0.25) is 0 Å². The molecule has 0 spiro atoms. The largest absolute Gasteiger partial charge is 0.497 e. The van der Waals surface area contributed by atoms with Crippen LogP contribution < -0.4 is 15.2 Å². The maximum absolute atomic E-state index is 6.33. The van der Waals surface area contributed by atoms with E-state index >= 15 is 0 Å². The first-order valence-corrected chi connectivity index (χ1v) is 7.23. The maximum Gasteiger partial charge on any atom is 0.125 e. The van der Waals surface area contributed by atoms with Crippen molar-refractivity contribution < 1.29 is 9.47 Å². The first-order chi connectivity index (χ1) is 10.2. The smallest absolute Gasteiger partial charge is 0.125 e. The molecule has 0 aromatic heterocycles. The Bertz CT molecular complexity index is 578. The summed E-state index contributed by atoms with van der Waals surface area (Å²) >= 11 is 0. The molecule has 0 fully saturated rings. The Labute approximate surface area is 126 Å². The van der Waals surface area contributed by atoms with E-state index in [9.17, 15) is 0 Å². The highest BCUT2D eigenvalue weighted by molar-refractivity contribution is 5.41. The van der Waals surface area contributed by atoms with Crippen LogP contribution in [0.1, 0.15) is 29.7 Å². The van der Waals surface area contributed by atoms with Crippen molar-refractivity contribution in [1.82, 2.24) is 0 Å². The Morgan fingerprint density at radius 2 is 1.71 bits per heavy atom. The molecule has 0 bridgehead atoms. The highest BCUT2D eigenvalue weighted by Crippen LogP contribution is 2.28. The van der Waals surface area contributed by atoms with Crippen molar-refractivity contribution in [2.24, 2.45) is 5.73 Å². The van der Waals surface area contributed by atoms with E-state index in [1.165, 1.54) is 5.56 Å². The van der Waals surface area contributed by atoms with Gasteiger partial charge in [0, 0.05) is 12.1 Å². The average molecular weight is 285 g/mol. The third-order valence-corrected chi connectivity index (χ3v) is 3.75. The summed E-state index contributed by atoms with van der Waals surface area (Å²) in [5, 5.41) is 0. The molecule has 3 heteroatoms. The second-order valence-corrected chi connectivity index (χ2v) is 5.08. The molecule has 0 radical (unpaired) electrons. The predicted molar refractivity (Wildman–Crippen MR) is 86.0 cm³/mol. The van der Waals surface area contributed by atoms with Gasteiger partial charge in [-0.15, -0.1) is 0 Å². The van der Waals surface area contributed by atoms with Gasteiger partial charge >= 0.3 is 0 Å². The molecule has 0 saturated carbocycles. The standard InChI is InChI=1S/C18H23NO2/c1-4-13-5-7-14(8-6-13)17(19)11-15-9-10-16(20-2)12-18(15)21-3/h5-10,12,17H,4,11,19H2,1-3H3. The Kier molecular flexibility index (Phi) is 5.23. The normalized spacial score (nSPS) is 12.0. The van der Waals surface area contributed by atoms with Crippen LogP contribution >= 0.6 is 0 Å². The summed E-state index contributed by atoms with van der Waals surface area (Å²) in [6, 6.07) is 14.3. The van der Waals surface area contributed by atoms with Gasteiger partial charge in [-0.3, -0.25) is 0 Å². The summed E-state index contributed by atoms with van der Waals surface area (Å²) in [5.41, 5.74) is 9.88. The Morgan fingerprint density at radius 3 is 2.29 bits per heavy atom. The van der Waals surface area contributed by atoms with E-state index in [0.29, 0.717) is 0 Å². The molecule has 1 atom stereocenters. The number of benzene rings is 2. The van der Waals surface area contributed by atoms with Gasteiger partial charge in [-0.1, -0.05) is 37.3 Å². The predicted octanol–water partition coefficient (Wildman–Crippen LogP) is 3.51. The van der Waals surface area contributed by atoms with E-state index in [0.717, 1.165) is 35.5 Å². The van der Waals surface area contributed by atoms with Gasteiger partial charge in [0.2, 0.25) is 0 Å². The van der Waals surface area contributed by atoms with Crippen LogP contribution in [0.25, 0.3) is 0 Å². The number of rotatable bonds is 6. The third-order valence-electron chi connectivity index (χ3n) is 3.75. The van der Waals surface area contributed by atoms with Crippen molar-refractivity contribution in [1.29, 1.82) is 0 Å². The second-order valence-electron chi connectivity index (χ2n) is 5.08. The molecular weight excluding hydrogens is 262 g/mol. The number of aryl methyl sites for hydroxylation is 1. The molecule has 0 saturated heterocycles. The first-order valence-electron chi connectivity index (χ1n) is 7.23. The monoisotopic (exact) mass is 285 g/mol. The molecule has 0 heterocycles. The Morgan fingerprint density at radius 1 is 1.00 bits per heavy atom. The molecule has 0 aliphatic carbocycles. The summed E-state index contributed by atoms with van der Waals surface area (Å²) in [6.45, 7) is 2.15. The van der Waals surface area contributed by atoms with Crippen LogP contribution in [-0.2, 0) is 12.8 Å². The minimum Gasteiger partial charge on any atom is -0.497 e. The molecule has 0 aliphatic heterocycles. The van der Waals surface area contributed by atoms with E-state index in [-0.39, 0.29) is 6.04 Å². The second kappa shape index (κ2) is 7.14. The van der Waals surface area contributed by atoms with E-state index in [2.05, 4.69) is 31.2 Å². The Hall–Kier alpha value is -2.00. The number of nitrogens with two attached hydrogens (primary N) is 1. The highest BCUT2D eigenvalue weighted by atomic mass is 16.5. The molecule has 0 amide bonds. The van der Waals surface area contributed by atoms with Crippen molar-refractivity contribution in [2.75, 3.05) is 14.2 Å². The molecule has 3 nitrogen and oxygen atoms in total. The van der Waals surface area contributed by atoms with Gasteiger partial charge in [0.1, 0.15) is 11.5 Å². The zero-order chi connectivity index (χ0) is 15.2. The molecule has 21 heavy (non-hydrogen) atoms. The summed E-state index contributed by atoms with van der Waals surface area (Å²) in [6.07, 6.45) is 1.78. The van der Waals surface area contributed by atoms with Gasteiger partial charge < -0.3 is 15.2 Å². The minimum atomic E-state index is -0.0433. The van der Waals surface area contributed by atoms with Crippen LogP contribution in [0.5, 0.6) is 11.5 Å². The van der Waals surface area contributed by atoms with Gasteiger partial charge in [-0.25, -0.2) is 0 Å². The van der Waals surface area contributed by atoms with Crippen molar-refractivity contribution in [3.63, 3.8) is 0 Å². The number of hydrogen-bond acceptors (Lipinski definition) is 3. The van der Waals surface area contributed by atoms with Crippen molar-refractivity contribution in [3.05, 3.63) is 59.2 Å². The van der Waals surface area contributed by atoms with Gasteiger partial charge in [0.15, 0.2) is 0 Å². The van der Waals surface area contributed by atoms with Crippen molar-refractivity contribution in [3.8, 4) is 11.5 Å². The fraction of sp³-hybridized carbons (Fsp3) is 0.333. The van der Waals surface area contributed by atoms with Crippen LogP contribution in [0.4, 0.5) is 0 Å².